The van der Waals surface area contributed by atoms with E-state index in [1.54, 1.807) is 7.11 Å². The summed E-state index contributed by atoms with van der Waals surface area (Å²) < 4.78 is 15.5. The molecule has 1 saturated heterocycles. The van der Waals surface area contributed by atoms with E-state index in [1.165, 1.54) is 0 Å². The Morgan fingerprint density at radius 2 is 1.95 bits per heavy atom. The molecule has 2 aliphatic heterocycles. The number of carbonyl (C=O) groups excluding carboxylic acids is 1. The number of methoxy groups -OCH3 is 1. The van der Waals surface area contributed by atoms with Gasteiger partial charge in [-0.1, -0.05) is 12.1 Å². The van der Waals surface area contributed by atoms with E-state index in [2.05, 4.69) is 20.6 Å². The van der Waals surface area contributed by atoms with Crippen molar-refractivity contribution in [3.63, 3.8) is 0 Å². The molecule has 5 aromatic rings. The average Bonchev–Trinajstić information content (AvgIpc) is 3.72. The molecule has 0 aliphatic carbocycles. The van der Waals surface area contributed by atoms with Crippen molar-refractivity contribution in [3.8, 4) is 34.1 Å². The Balaban J connectivity index is 1.18. The number of ether oxygens (including phenoxy) is 2. The first-order valence-electron chi connectivity index (χ1n) is 13.9. The number of amides is 1. The van der Waals surface area contributed by atoms with Crippen molar-refractivity contribution >= 4 is 22.6 Å². The Hall–Kier alpha value is -4.86. The van der Waals surface area contributed by atoms with Crippen LogP contribution in [0.1, 0.15) is 24.8 Å². The van der Waals surface area contributed by atoms with Gasteiger partial charge in [0.15, 0.2) is 0 Å². The third kappa shape index (κ3) is 4.65. The van der Waals surface area contributed by atoms with Gasteiger partial charge in [0.1, 0.15) is 28.9 Å². The molecule has 2 aliphatic rings. The highest BCUT2D eigenvalue weighted by Gasteiger charge is 2.31. The van der Waals surface area contributed by atoms with Crippen molar-refractivity contribution in [2.24, 2.45) is 5.73 Å². The molecule has 208 valence electrons. The van der Waals surface area contributed by atoms with Gasteiger partial charge >= 0.3 is 0 Å². The maximum Gasteiger partial charge on any atom is 0.240 e. The number of benzene rings is 2. The number of hydrogen-bond donors (Lipinski definition) is 1. The lowest BCUT2D eigenvalue weighted by molar-refractivity contribution is -0.119. The number of hydrogen-bond acceptors (Lipinski definition) is 7. The standard InChI is InChI=1S/C31H31N7O3/c1-40-24-8-5-20(6-9-24)18-36-19-22(17-34-36)25-10-7-21(16-33-25)31-35-26-14-23(37-11-2-4-27(37)30(32)39)15-28-29(26)38(31)12-3-13-41-28/h5-10,14-17,19,27H,2-4,11-13,18H2,1H3,(H2,32,39)/t27-/m0/s1. The van der Waals surface area contributed by atoms with Crippen molar-refractivity contribution in [3.05, 3.63) is 72.7 Å². The van der Waals surface area contributed by atoms with Gasteiger partial charge in [0.25, 0.3) is 0 Å². The number of imidazole rings is 1. The third-order valence-electron chi connectivity index (χ3n) is 7.94. The van der Waals surface area contributed by atoms with Crippen LogP contribution < -0.4 is 20.1 Å². The lowest BCUT2D eigenvalue weighted by atomic mass is 10.2. The number of nitrogens with two attached hydrogens (primary N) is 1. The van der Waals surface area contributed by atoms with Crippen molar-refractivity contribution < 1.29 is 14.3 Å². The molecule has 1 atom stereocenters. The molecule has 0 unspecified atom stereocenters. The van der Waals surface area contributed by atoms with Crippen LogP contribution in [0, 0.1) is 0 Å². The van der Waals surface area contributed by atoms with E-state index in [-0.39, 0.29) is 11.9 Å². The van der Waals surface area contributed by atoms with Crippen LogP contribution in [-0.2, 0) is 17.9 Å². The van der Waals surface area contributed by atoms with E-state index in [0.29, 0.717) is 13.2 Å². The van der Waals surface area contributed by atoms with Crippen molar-refractivity contribution in [1.29, 1.82) is 0 Å². The summed E-state index contributed by atoms with van der Waals surface area (Å²) in [5.41, 5.74) is 12.3. The smallest absolute Gasteiger partial charge is 0.240 e. The number of aromatic nitrogens is 5. The van der Waals surface area contributed by atoms with E-state index in [1.807, 2.05) is 65.7 Å². The second kappa shape index (κ2) is 10.3. The highest BCUT2D eigenvalue weighted by atomic mass is 16.5. The van der Waals surface area contributed by atoms with E-state index in [0.717, 1.165) is 88.8 Å². The molecular weight excluding hydrogens is 518 g/mol. The molecule has 1 fully saturated rings. The highest BCUT2D eigenvalue weighted by molar-refractivity contribution is 5.91. The number of aryl methyl sites for hydroxylation is 1. The van der Waals surface area contributed by atoms with Gasteiger partial charge in [0, 0.05) is 48.4 Å². The summed E-state index contributed by atoms with van der Waals surface area (Å²) in [5, 5.41) is 4.53. The van der Waals surface area contributed by atoms with Crippen LogP contribution in [0.15, 0.2) is 67.1 Å². The molecule has 2 aromatic carbocycles. The molecule has 3 aromatic heterocycles. The monoisotopic (exact) mass is 549 g/mol. The van der Waals surface area contributed by atoms with E-state index < -0.39 is 0 Å². The molecule has 5 heterocycles. The Bertz CT molecular complexity index is 1720. The number of anilines is 1. The Morgan fingerprint density at radius 3 is 2.73 bits per heavy atom. The molecule has 0 spiro atoms. The summed E-state index contributed by atoms with van der Waals surface area (Å²) in [6.45, 7) is 2.87. The van der Waals surface area contributed by atoms with Gasteiger partial charge in [-0.2, -0.15) is 5.10 Å². The highest BCUT2D eigenvalue weighted by Crippen LogP contribution is 2.38. The summed E-state index contributed by atoms with van der Waals surface area (Å²) in [5.74, 6) is 2.18. The fraction of sp³-hybridized carbons (Fsp3) is 0.290. The average molecular weight is 550 g/mol. The summed E-state index contributed by atoms with van der Waals surface area (Å²) in [6.07, 6.45) is 8.28. The van der Waals surface area contributed by atoms with E-state index >= 15 is 0 Å². The van der Waals surface area contributed by atoms with Gasteiger partial charge < -0.3 is 24.7 Å². The molecule has 2 N–H and O–H groups in total. The van der Waals surface area contributed by atoms with E-state index in [4.69, 9.17) is 25.2 Å². The SMILES string of the molecule is COc1ccc(Cn2cc(-c3ccc(-c4nc5cc(N6CCC[C@H]6C(N)=O)cc6c5n4CCCO6)cn3)cn2)cc1. The van der Waals surface area contributed by atoms with E-state index in [9.17, 15) is 4.79 Å². The summed E-state index contributed by atoms with van der Waals surface area (Å²) in [4.78, 5) is 24.0. The van der Waals surface area contributed by atoms with Crippen molar-refractivity contribution in [1.82, 2.24) is 24.3 Å². The van der Waals surface area contributed by atoms with Gasteiger partial charge in [-0.3, -0.25) is 14.5 Å². The van der Waals surface area contributed by atoms with Crippen LogP contribution in [0.2, 0.25) is 0 Å². The van der Waals surface area contributed by atoms with Crippen LogP contribution in [0.4, 0.5) is 5.69 Å². The Labute approximate surface area is 237 Å². The quantitative estimate of drug-likeness (QED) is 0.323. The molecule has 10 nitrogen and oxygen atoms in total. The predicted octanol–water partition coefficient (Wildman–Crippen LogP) is 4.26. The van der Waals surface area contributed by atoms with Crippen LogP contribution in [-0.4, -0.2) is 56.5 Å². The maximum absolute atomic E-state index is 12.1. The van der Waals surface area contributed by atoms with Crippen LogP contribution >= 0.6 is 0 Å². The molecule has 0 bridgehead atoms. The van der Waals surface area contributed by atoms with Crippen LogP contribution in [0.3, 0.4) is 0 Å². The second-order valence-corrected chi connectivity index (χ2v) is 10.6. The van der Waals surface area contributed by atoms with Gasteiger partial charge in [0.05, 0.1) is 37.7 Å². The fourth-order valence-corrected chi connectivity index (χ4v) is 5.90. The first kappa shape index (κ1) is 25.1. The lowest BCUT2D eigenvalue weighted by Gasteiger charge is -2.25. The number of rotatable bonds is 7. The summed E-state index contributed by atoms with van der Waals surface area (Å²) >= 11 is 0. The second-order valence-electron chi connectivity index (χ2n) is 10.6. The molecule has 1 amide bonds. The number of carbonyl (C=O) groups is 1. The largest absolute Gasteiger partial charge is 0.497 e. The van der Waals surface area contributed by atoms with Crippen molar-refractivity contribution in [2.45, 2.75) is 38.4 Å². The zero-order valence-electron chi connectivity index (χ0n) is 22.9. The van der Waals surface area contributed by atoms with Crippen LogP contribution in [0.25, 0.3) is 33.7 Å². The molecule has 0 radical (unpaired) electrons. The van der Waals surface area contributed by atoms with Gasteiger partial charge in [-0.05, 0) is 55.2 Å². The summed E-state index contributed by atoms with van der Waals surface area (Å²) in [6, 6.07) is 15.8. The first-order valence-corrected chi connectivity index (χ1v) is 13.9. The van der Waals surface area contributed by atoms with Crippen LogP contribution in [0.5, 0.6) is 11.5 Å². The minimum absolute atomic E-state index is 0.293. The number of nitrogens with zero attached hydrogens (tertiary/aromatic N) is 6. The minimum atomic E-state index is -0.302. The first-order chi connectivity index (χ1) is 20.1. The molecule has 41 heavy (non-hydrogen) atoms. The predicted molar refractivity (Wildman–Crippen MR) is 156 cm³/mol. The number of primary amides is 1. The Morgan fingerprint density at radius 1 is 1.07 bits per heavy atom. The normalized spacial score (nSPS) is 16.5. The van der Waals surface area contributed by atoms with Gasteiger partial charge in [-0.15, -0.1) is 0 Å². The molecular formula is C31H31N7O3. The van der Waals surface area contributed by atoms with Gasteiger partial charge in [-0.25, -0.2) is 4.98 Å². The lowest BCUT2D eigenvalue weighted by Crippen LogP contribution is -2.40. The zero-order chi connectivity index (χ0) is 27.9. The minimum Gasteiger partial charge on any atom is -0.497 e. The fourth-order valence-electron chi connectivity index (χ4n) is 5.90. The molecule has 0 saturated carbocycles. The van der Waals surface area contributed by atoms with Crippen molar-refractivity contribution in [2.75, 3.05) is 25.2 Å². The molecule has 10 heteroatoms. The van der Waals surface area contributed by atoms with Gasteiger partial charge in [0.2, 0.25) is 5.91 Å². The molecule has 7 rings (SSSR count). The topological polar surface area (TPSA) is 113 Å². The number of pyridine rings is 1. The summed E-state index contributed by atoms with van der Waals surface area (Å²) in [7, 11) is 1.66. The zero-order valence-corrected chi connectivity index (χ0v) is 22.9. The maximum atomic E-state index is 12.1. The third-order valence-corrected chi connectivity index (χ3v) is 7.94. The Kier molecular flexibility index (Phi) is 6.30.